The Kier molecular flexibility index (Phi) is 2.92. The lowest BCUT2D eigenvalue weighted by molar-refractivity contribution is 0.374. The lowest BCUT2D eigenvalue weighted by Gasteiger charge is -2.30. The molecule has 14 heavy (non-hydrogen) atoms. The van der Waals surface area contributed by atoms with Crippen LogP contribution in [0.1, 0.15) is 50.4 Å². The van der Waals surface area contributed by atoms with E-state index in [9.17, 15) is 0 Å². The number of nitrogens with one attached hydrogen (secondary N) is 2. The standard InChI is InChI=1S/C12H20N2/c1-3-5-11-10-6-7-13-12(10)8-9(4-2)14-11/h6-7,9,11,13-14H,3-5,8H2,1-2H3/t9-,11-/m0/s1. The van der Waals surface area contributed by atoms with Gasteiger partial charge in [0.2, 0.25) is 0 Å². The molecule has 2 N–H and O–H groups in total. The Balaban J connectivity index is 2.19. The van der Waals surface area contributed by atoms with Gasteiger partial charge in [-0.15, -0.1) is 0 Å². The first-order valence-corrected chi connectivity index (χ1v) is 5.77. The molecule has 0 unspecified atom stereocenters. The number of fused-ring (bicyclic) bond motifs is 1. The maximum absolute atomic E-state index is 3.73. The van der Waals surface area contributed by atoms with Crippen LogP contribution in [0.5, 0.6) is 0 Å². The second-order valence-corrected chi connectivity index (χ2v) is 4.23. The highest BCUT2D eigenvalue weighted by Crippen LogP contribution is 2.28. The molecule has 0 aliphatic carbocycles. The van der Waals surface area contributed by atoms with Crippen molar-refractivity contribution in [2.75, 3.05) is 0 Å². The molecule has 0 amide bonds. The summed E-state index contributed by atoms with van der Waals surface area (Å²) >= 11 is 0. The molecule has 2 heteroatoms. The first-order chi connectivity index (χ1) is 6.85. The summed E-state index contributed by atoms with van der Waals surface area (Å²) in [5, 5.41) is 3.73. The predicted octanol–water partition coefficient (Wildman–Crippen LogP) is 2.78. The van der Waals surface area contributed by atoms with Gasteiger partial charge in [-0.2, -0.15) is 0 Å². The first-order valence-electron chi connectivity index (χ1n) is 5.77. The van der Waals surface area contributed by atoms with Crippen molar-refractivity contribution in [1.82, 2.24) is 10.3 Å². The van der Waals surface area contributed by atoms with Gasteiger partial charge in [-0.3, -0.25) is 0 Å². The Morgan fingerprint density at radius 3 is 3.00 bits per heavy atom. The quantitative estimate of drug-likeness (QED) is 0.757. The second kappa shape index (κ2) is 4.18. The molecule has 2 nitrogen and oxygen atoms in total. The average Bonchev–Trinajstić information content (AvgIpc) is 2.66. The summed E-state index contributed by atoms with van der Waals surface area (Å²) in [6.45, 7) is 4.51. The van der Waals surface area contributed by atoms with E-state index >= 15 is 0 Å². The molecule has 0 bridgehead atoms. The van der Waals surface area contributed by atoms with E-state index in [4.69, 9.17) is 0 Å². The van der Waals surface area contributed by atoms with Gasteiger partial charge in [-0.1, -0.05) is 20.3 Å². The highest BCUT2D eigenvalue weighted by molar-refractivity contribution is 5.28. The molecule has 0 fully saturated rings. The molecule has 1 aromatic rings. The topological polar surface area (TPSA) is 27.8 Å². The molecule has 78 valence electrons. The van der Waals surface area contributed by atoms with E-state index < -0.39 is 0 Å². The number of rotatable bonds is 3. The zero-order valence-electron chi connectivity index (χ0n) is 9.14. The minimum Gasteiger partial charge on any atom is -0.365 e. The Bertz CT molecular complexity index is 290. The van der Waals surface area contributed by atoms with Crippen molar-refractivity contribution < 1.29 is 0 Å². The monoisotopic (exact) mass is 192 g/mol. The fourth-order valence-corrected chi connectivity index (χ4v) is 2.39. The average molecular weight is 192 g/mol. The molecule has 1 aromatic heterocycles. The molecule has 2 rings (SSSR count). The van der Waals surface area contributed by atoms with E-state index in [-0.39, 0.29) is 0 Å². The molecule has 0 aromatic carbocycles. The van der Waals surface area contributed by atoms with E-state index in [2.05, 4.69) is 36.4 Å². The summed E-state index contributed by atoms with van der Waals surface area (Å²) in [5.41, 5.74) is 2.95. The van der Waals surface area contributed by atoms with Crippen molar-refractivity contribution in [2.24, 2.45) is 0 Å². The largest absolute Gasteiger partial charge is 0.365 e. The van der Waals surface area contributed by atoms with Gasteiger partial charge in [0.05, 0.1) is 0 Å². The maximum atomic E-state index is 3.73. The third kappa shape index (κ3) is 1.71. The van der Waals surface area contributed by atoms with E-state index in [0.29, 0.717) is 12.1 Å². The molecule has 2 heterocycles. The van der Waals surface area contributed by atoms with Crippen LogP contribution in [0.2, 0.25) is 0 Å². The summed E-state index contributed by atoms with van der Waals surface area (Å²) in [6, 6.07) is 3.48. The number of aromatic nitrogens is 1. The van der Waals surface area contributed by atoms with Crippen LogP contribution in [0.25, 0.3) is 0 Å². The van der Waals surface area contributed by atoms with Gasteiger partial charge in [0.25, 0.3) is 0 Å². The molecule has 1 aliphatic heterocycles. The zero-order chi connectivity index (χ0) is 9.97. The van der Waals surface area contributed by atoms with Gasteiger partial charge in [0.15, 0.2) is 0 Å². The minimum atomic E-state index is 0.583. The number of H-pyrrole nitrogens is 1. The van der Waals surface area contributed by atoms with Crippen LogP contribution in [0.15, 0.2) is 12.3 Å². The molecule has 2 atom stereocenters. The van der Waals surface area contributed by atoms with Crippen LogP contribution in [0.4, 0.5) is 0 Å². The van der Waals surface area contributed by atoms with Crippen molar-refractivity contribution in [1.29, 1.82) is 0 Å². The van der Waals surface area contributed by atoms with Crippen molar-refractivity contribution in [3.05, 3.63) is 23.5 Å². The minimum absolute atomic E-state index is 0.583. The Labute approximate surface area is 86.1 Å². The van der Waals surface area contributed by atoms with Crippen LogP contribution in [0, 0.1) is 0 Å². The third-order valence-electron chi connectivity index (χ3n) is 3.20. The molecule has 1 aliphatic rings. The summed E-state index contributed by atoms with van der Waals surface area (Å²) in [4.78, 5) is 3.37. The van der Waals surface area contributed by atoms with Gasteiger partial charge < -0.3 is 10.3 Å². The van der Waals surface area contributed by atoms with Crippen molar-refractivity contribution >= 4 is 0 Å². The fourth-order valence-electron chi connectivity index (χ4n) is 2.39. The smallest absolute Gasteiger partial charge is 0.0340 e. The van der Waals surface area contributed by atoms with Gasteiger partial charge in [0, 0.05) is 30.4 Å². The molecule has 0 spiro atoms. The summed E-state index contributed by atoms with van der Waals surface area (Å²) < 4.78 is 0. The molecule has 0 radical (unpaired) electrons. The van der Waals surface area contributed by atoms with Gasteiger partial charge in [-0.25, -0.2) is 0 Å². The molecule has 0 saturated carbocycles. The van der Waals surface area contributed by atoms with E-state index in [1.54, 1.807) is 0 Å². The Hall–Kier alpha value is -0.760. The van der Waals surface area contributed by atoms with E-state index in [0.717, 1.165) is 0 Å². The number of hydrogen-bond donors (Lipinski definition) is 2. The van der Waals surface area contributed by atoms with Gasteiger partial charge in [0.1, 0.15) is 0 Å². The third-order valence-corrected chi connectivity index (χ3v) is 3.20. The van der Waals surface area contributed by atoms with Crippen molar-refractivity contribution in [3.63, 3.8) is 0 Å². The summed E-state index contributed by atoms with van der Waals surface area (Å²) in [5.74, 6) is 0. The summed E-state index contributed by atoms with van der Waals surface area (Å²) in [6.07, 6.45) is 6.96. The normalized spacial score (nSPS) is 26.1. The van der Waals surface area contributed by atoms with Crippen molar-refractivity contribution in [2.45, 2.75) is 51.6 Å². The number of hydrogen-bond acceptors (Lipinski definition) is 1. The van der Waals surface area contributed by atoms with E-state index in [1.807, 2.05) is 0 Å². The Morgan fingerprint density at radius 1 is 1.43 bits per heavy atom. The Morgan fingerprint density at radius 2 is 2.29 bits per heavy atom. The maximum Gasteiger partial charge on any atom is 0.0340 e. The van der Waals surface area contributed by atoms with Crippen LogP contribution >= 0.6 is 0 Å². The van der Waals surface area contributed by atoms with Crippen molar-refractivity contribution in [3.8, 4) is 0 Å². The number of aromatic amines is 1. The van der Waals surface area contributed by atoms with Gasteiger partial charge in [-0.05, 0) is 24.5 Å². The predicted molar refractivity (Wildman–Crippen MR) is 59.4 cm³/mol. The molecular weight excluding hydrogens is 172 g/mol. The van der Waals surface area contributed by atoms with Gasteiger partial charge >= 0.3 is 0 Å². The first kappa shape index (κ1) is 9.78. The summed E-state index contributed by atoms with van der Waals surface area (Å²) in [7, 11) is 0. The van der Waals surface area contributed by atoms with Crippen LogP contribution in [0.3, 0.4) is 0 Å². The lowest BCUT2D eigenvalue weighted by Crippen LogP contribution is -2.38. The highest BCUT2D eigenvalue weighted by atomic mass is 15.0. The van der Waals surface area contributed by atoms with E-state index in [1.165, 1.54) is 36.9 Å². The lowest BCUT2D eigenvalue weighted by atomic mass is 9.92. The molecular formula is C12H20N2. The van der Waals surface area contributed by atoms with Crippen LogP contribution in [-0.2, 0) is 6.42 Å². The highest BCUT2D eigenvalue weighted by Gasteiger charge is 2.24. The second-order valence-electron chi connectivity index (χ2n) is 4.23. The zero-order valence-corrected chi connectivity index (χ0v) is 9.14. The SMILES string of the molecule is CCC[C@@H]1N[C@@H](CC)Cc2[nH]ccc21. The fraction of sp³-hybridized carbons (Fsp3) is 0.667. The van der Waals surface area contributed by atoms with Crippen LogP contribution < -0.4 is 5.32 Å². The van der Waals surface area contributed by atoms with Crippen LogP contribution in [-0.4, -0.2) is 11.0 Å². The molecule has 0 saturated heterocycles.